The number of hydrogen-bond acceptors (Lipinski definition) is 3. The van der Waals surface area contributed by atoms with Crippen molar-refractivity contribution >= 4 is 0 Å². The maximum absolute atomic E-state index is 6.08. The maximum atomic E-state index is 6.08. The summed E-state index contributed by atoms with van der Waals surface area (Å²) in [4.78, 5) is 0. The number of furan rings is 1. The Hall–Kier alpha value is -0.800. The third-order valence-electron chi connectivity index (χ3n) is 5.13. The van der Waals surface area contributed by atoms with Gasteiger partial charge in [-0.25, -0.2) is 0 Å². The molecule has 1 spiro atoms. The molecule has 2 aliphatic rings. The van der Waals surface area contributed by atoms with Gasteiger partial charge in [-0.15, -0.1) is 0 Å². The van der Waals surface area contributed by atoms with E-state index in [1.54, 1.807) is 0 Å². The standard InChI is InChI=1S/C17H27NO2/c1-3-15-14(7-10-19-15)16(18-4-2)13-6-11-20-17(12-13)8-5-9-17/h7,10,13,16,18H,3-6,8-9,11-12H2,1-2H3. The predicted molar refractivity (Wildman–Crippen MR) is 79.8 cm³/mol. The van der Waals surface area contributed by atoms with Crippen LogP contribution in [0.2, 0.25) is 0 Å². The molecule has 3 heteroatoms. The molecule has 20 heavy (non-hydrogen) atoms. The van der Waals surface area contributed by atoms with Crippen LogP contribution in [0.25, 0.3) is 0 Å². The molecule has 1 aromatic heterocycles. The van der Waals surface area contributed by atoms with Gasteiger partial charge in [-0.2, -0.15) is 0 Å². The molecule has 2 fully saturated rings. The molecule has 1 aromatic rings. The second kappa shape index (κ2) is 5.90. The number of ether oxygens (including phenoxy) is 1. The Kier molecular flexibility index (Phi) is 4.18. The molecule has 0 radical (unpaired) electrons. The predicted octanol–water partition coefficient (Wildman–Crippen LogP) is 3.84. The summed E-state index contributed by atoms with van der Waals surface area (Å²) in [5.41, 5.74) is 1.59. The first kappa shape index (κ1) is 14.2. The second-order valence-electron chi connectivity index (χ2n) is 6.33. The molecule has 2 unspecified atom stereocenters. The molecular formula is C17H27NO2. The average molecular weight is 277 g/mol. The molecule has 1 saturated heterocycles. The molecule has 1 N–H and O–H groups in total. The van der Waals surface area contributed by atoms with Crippen LogP contribution < -0.4 is 5.32 Å². The Labute approximate surface area is 122 Å². The van der Waals surface area contributed by atoms with E-state index in [1.165, 1.54) is 31.2 Å². The minimum atomic E-state index is 0.215. The van der Waals surface area contributed by atoms with E-state index in [1.807, 2.05) is 6.26 Å². The monoisotopic (exact) mass is 277 g/mol. The average Bonchev–Trinajstić information content (AvgIpc) is 2.91. The molecule has 0 aromatic carbocycles. The summed E-state index contributed by atoms with van der Waals surface area (Å²) < 4.78 is 11.7. The first-order chi connectivity index (χ1) is 9.78. The van der Waals surface area contributed by atoms with Gasteiger partial charge in [0.25, 0.3) is 0 Å². The first-order valence-corrected chi connectivity index (χ1v) is 8.21. The van der Waals surface area contributed by atoms with E-state index in [4.69, 9.17) is 9.15 Å². The van der Waals surface area contributed by atoms with E-state index < -0.39 is 0 Å². The van der Waals surface area contributed by atoms with Gasteiger partial charge in [0.05, 0.1) is 11.9 Å². The van der Waals surface area contributed by atoms with Gasteiger partial charge in [0.2, 0.25) is 0 Å². The molecule has 1 aliphatic carbocycles. The van der Waals surface area contributed by atoms with Crippen LogP contribution >= 0.6 is 0 Å². The highest BCUT2D eigenvalue weighted by atomic mass is 16.5. The third kappa shape index (κ3) is 2.53. The Balaban J connectivity index is 1.79. The minimum absolute atomic E-state index is 0.215. The van der Waals surface area contributed by atoms with Crippen molar-refractivity contribution in [3.05, 3.63) is 23.7 Å². The van der Waals surface area contributed by atoms with E-state index in [-0.39, 0.29) is 5.60 Å². The van der Waals surface area contributed by atoms with Gasteiger partial charge in [0.15, 0.2) is 0 Å². The van der Waals surface area contributed by atoms with E-state index in [0.717, 1.165) is 31.8 Å². The Bertz CT molecular complexity index is 436. The van der Waals surface area contributed by atoms with Gasteiger partial charge in [-0.3, -0.25) is 0 Å². The topological polar surface area (TPSA) is 34.4 Å². The van der Waals surface area contributed by atoms with Crippen molar-refractivity contribution in [3.63, 3.8) is 0 Å². The first-order valence-electron chi connectivity index (χ1n) is 8.21. The fourth-order valence-corrected chi connectivity index (χ4v) is 3.94. The quantitative estimate of drug-likeness (QED) is 0.888. The van der Waals surface area contributed by atoms with Crippen molar-refractivity contribution in [2.75, 3.05) is 13.2 Å². The van der Waals surface area contributed by atoms with Gasteiger partial charge < -0.3 is 14.5 Å². The van der Waals surface area contributed by atoms with E-state index >= 15 is 0 Å². The lowest BCUT2D eigenvalue weighted by Crippen LogP contribution is -2.48. The lowest BCUT2D eigenvalue weighted by Gasteiger charge is -2.49. The van der Waals surface area contributed by atoms with Gasteiger partial charge >= 0.3 is 0 Å². The molecular weight excluding hydrogens is 250 g/mol. The van der Waals surface area contributed by atoms with Crippen LogP contribution in [0.3, 0.4) is 0 Å². The number of rotatable bonds is 5. The minimum Gasteiger partial charge on any atom is -0.469 e. The normalized spacial score (nSPS) is 26.4. The van der Waals surface area contributed by atoms with E-state index in [9.17, 15) is 0 Å². The lowest BCUT2D eigenvalue weighted by atomic mass is 9.69. The number of nitrogens with one attached hydrogen (secondary N) is 1. The van der Waals surface area contributed by atoms with Crippen molar-refractivity contribution in [2.24, 2.45) is 5.92 Å². The third-order valence-corrected chi connectivity index (χ3v) is 5.13. The van der Waals surface area contributed by atoms with Crippen LogP contribution in [0.1, 0.15) is 63.3 Å². The fraction of sp³-hybridized carbons (Fsp3) is 0.765. The van der Waals surface area contributed by atoms with Gasteiger partial charge in [-0.05, 0) is 50.6 Å². The van der Waals surface area contributed by atoms with Crippen LogP contribution in [-0.2, 0) is 11.2 Å². The summed E-state index contributed by atoms with van der Waals surface area (Å²) in [6.07, 6.45) is 9.04. The zero-order valence-electron chi connectivity index (χ0n) is 12.8. The molecule has 3 nitrogen and oxygen atoms in total. The summed E-state index contributed by atoms with van der Waals surface area (Å²) in [5.74, 6) is 1.82. The van der Waals surface area contributed by atoms with Gasteiger partial charge in [0, 0.05) is 24.6 Å². The molecule has 0 bridgehead atoms. The van der Waals surface area contributed by atoms with E-state index in [2.05, 4.69) is 25.2 Å². The molecule has 3 rings (SSSR count). The molecule has 1 aliphatic heterocycles. The number of hydrogen-bond donors (Lipinski definition) is 1. The largest absolute Gasteiger partial charge is 0.469 e. The van der Waals surface area contributed by atoms with Crippen LogP contribution in [0.15, 0.2) is 16.7 Å². The molecule has 1 saturated carbocycles. The van der Waals surface area contributed by atoms with Crippen LogP contribution in [0.4, 0.5) is 0 Å². The lowest BCUT2D eigenvalue weighted by molar-refractivity contribution is -0.147. The second-order valence-corrected chi connectivity index (χ2v) is 6.33. The van der Waals surface area contributed by atoms with Crippen molar-refractivity contribution in [1.29, 1.82) is 0 Å². The smallest absolute Gasteiger partial charge is 0.108 e. The van der Waals surface area contributed by atoms with E-state index in [0.29, 0.717) is 12.0 Å². The summed E-state index contributed by atoms with van der Waals surface area (Å²) >= 11 is 0. The fourth-order valence-electron chi connectivity index (χ4n) is 3.94. The van der Waals surface area contributed by atoms with Crippen molar-refractivity contribution in [1.82, 2.24) is 5.32 Å². The summed E-state index contributed by atoms with van der Waals surface area (Å²) in [7, 11) is 0. The van der Waals surface area contributed by atoms with Crippen molar-refractivity contribution in [2.45, 2.75) is 64.0 Å². The summed E-state index contributed by atoms with van der Waals surface area (Å²) in [6, 6.07) is 2.59. The molecule has 2 atom stereocenters. The highest BCUT2D eigenvalue weighted by Gasteiger charge is 2.44. The zero-order valence-corrected chi connectivity index (χ0v) is 12.8. The molecule has 112 valence electrons. The maximum Gasteiger partial charge on any atom is 0.108 e. The van der Waals surface area contributed by atoms with Crippen molar-refractivity contribution < 1.29 is 9.15 Å². The Morgan fingerprint density at radius 2 is 2.25 bits per heavy atom. The zero-order chi connectivity index (χ0) is 14.0. The molecule has 2 heterocycles. The highest BCUT2D eigenvalue weighted by Crippen LogP contribution is 2.47. The summed E-state index contributed by atoms with van der Waals surface area (Å²) in [5, 5.41) is 3.70. The molecule has 0 amide bonds. The van der Waals surface area contributed by atoms with Crippen molar-refractivity contribution in [3.8, 4) is 0 Å². The number of aryl methyl sites for hydroxylation is 1. The SMILES string of the molecule is CCNC(c1ccoc1CC)C1CCOC2(CCC2)C1. The summed E-state index contributed by atoms with van der Waals surface area (Å²) in [6.45, 7) is 6.29. The highest BCUT2D eigenvalue weighted by molar-refractivity contribution is 5.23. The van der Waals surface area contributed by atoms with Gasteiger partial charge in [-0.1, -0.05) is 13.8 Å². The Morgan fingerprint density at radius 3 is 2.90 bits per heavy atom. The van der Waals surface area contributed by atoms with Crippen LogP contribution in [-0.4, -0.2) is 18.8 Å². The van der Waals surface area contributed by atoms with Crippen LogP contribution in [0.5, 0.6) is 0 Å². The Morgan fingerprint density at radius 1 is 1.40 bits per heavy atom. The van der Waals surface area contributed by atoms with Gasteiger partial charge in [0.1, 0.15) is 5.76 Å². The van der Waals surface area contributed by atoms with Crippen LogP contribution in [0, 0.1) is 5.92 Å².